The van der Waals surface area contributed by atoms with E-state index >= 15 is 0 Å². The Morgan fingerprint density at radius 1 is 1.09 bits per heavy atom. The molecule has 1 unspecified atom stereocenters. The number of rotatable bonds is 4. The number of hydrogen-bond acceptors (Lipinski definition) is 9. The fraction of sp³-hybridized carbons (Fsp3) is 0.613. The van der Waals surface area contributed by atoms with Gasteiger partial charge in [0.25, 0.3) is 0 Å². The number of fused-ring (bicyclic) bond motifs is 1. The molecule has 2 amide bonds. The molecule has 4 fully saturated rings. The highest BCUT2D eigenvalue weighted by atomic mass is 32.2. The van der Waals surface area contributed by atoms with Crippen LogP contribution in [0.1, 0.15) is 51.9 Å². The topological polar surface area (TPSA) is 117 Å². The van der Waals surface area contributed by atoms with E-state index < -0.39 is 5.41 Å². The number of carbonyl (C=O) groups excluding carboxylic acids is 2. The number of ether oxygens (including phenoxy) is 1. The lowest BCUT2D eigenvalue weighted by Crippen LogP contribution is -2.56. The van der Waals surface area contributed by atoms with Crippen molar-refractivity contribution in [2.24, 2.45) is 5.41 Å². The molecule has 3 N–H and O–H groups in total. The molecule has 2 aromatic rings. The van der Waals surface area contributed by atoms with Gasteiger partial charge in [-0.05, 0) is 56.6 Å². The van der Waals surface area contributed by atoms with Gasteiger partial charge in [0.2, 0.25) is 11.8 Å². The summed E-state index contributed by atoms with van der Waals surface area (Å²) in [6, 6.07) is 5.75. The van der Waals surface area contributed by atoms with Crippen LogP contribution in [0.4, 0.5) is 21.6 Å². The Labute approximate surface area is 258 Å². The molecule has 5 aliphatic rings. The minimum Gasteiger partial charge on any atom is -0.399 e. The van der Waals surface area contributed by atoms with Gasteiger partial charge in [-0.2, -0.15) is 0 Å². The predicted molar refractivity (Wildman–Crippen MR) is 168 cm³/mol. The van der Waals surface area contributed by atoms with Crippen LogP contribution in [0.15, 0.2) is 29.6 Å². The third-order valence-electron chi connectivity index (χ3n) is 9.65. The highest BCUT2D eigenvalue weighted by molar-refractivity contribution is 7.98. The normalized spacial score (nSPS) is 25.1. The average Bonchev–Trinajstić information content (AvgIpc) is 3.69. The van der Waals surface area contributed by atoms with E-state index in [-0.39, 0.29) is 25.1 Å². The van der Waals surface area contributed by atoms with Crippen LogP contribution in [0.25, 0.3) is 0 Å². The molecule has 43 heavy (non-hydrogen) atoms. The molecule has 1 atom stereocenters. The van der Waals surface area contributed by atoms with Crippen molar-refractivity contribution >= 4 is 40.8 Å². The molecule has 0 bridgehead atoms. The summed E-state index contributed by atoms with van der Waals surface area (Å²) in [5, 5.41) is 3.52. The van der Waals surface area contributed by atoms with Crippen molar-refractivity contribution in [3.05, 3.63) is 35.8 Å². The van der Waals surface area contributed by atoms with E-state index in [1.165, 1.54) is 17.8 Å². The third-order valence-corrected chi connectivity index (χ3v) is 10.2. The van der Waals surface area contributed by atoms with E-state index in [9.17, 15) is 14.0 Å². The van der Waals surface area contributed by atoms with Crippen LogP contribution >= 0.6 is 11.8 Å². The number of halogens is 1. The van der Waals surface area contributed by atoms with Gasteiger partial charge in [0.15, 0.2) is 5.16 Å². The minimum absolute atomic E-state index is 0. The summed E-state index contributed by atoms with van der Waals surface area (Å²) in [4.78, 5) is 41.2. The molecule has 5 heterocycles. The van der Waals surface area contributed by atoms with Gasteiger partial charge in [-0.25, -0.2) is 14.4 Å². The number of nitrogens with zero attached hydrogens (tertiary/aromatic N) is 5. The van der Waals surface area contributed by atoms with Crippen molar-refractivity contribution in [1.82, 2.24) is 20.2 Å². The average molecular weight is 614 g/mol. The van der Waals surface area contributed by atoms with Crippen LogP contribution in [0, 0.1) is 11.2 Å². The summed E-state index contributed by atoms with van der Waals surface area (Å²) in [6.45, 7) is 6.12. The number of amides is 2. The second-order valence-corrected chi connectivity index (χ2v) is 12.9. The van der Waals surface area contributed by atoms with Gasteiger partial charge >= 0.3 is 0 Å². The summed E-state index contributed by atoms with van der Waals surface area (Å²) in [7, 11) is 0. The molecule has 3 saturated heterocycles. The Hall–Kier alpha value is -2.96. The van der Waals surface area contributed by atoms with Gasteiger partial charge in [-0.15, -0.1) is 0 Å². The first kappa shape index (κ1) is 30.1. The second-order valence-electron chi connectivity index (χ2n) is 12.2. The largest absolute Gasteiger partial charge is 0.399 e. The third kappa shape index (κ3) is 6.06. The molecule has 0 radical (unpaired) electrons. The molecule has 1 aromatic carbocycles. The predicted octanol–water partition coefficient (Wildman–Crippen LogP) is 3.49. The van der Waals surface area contributed by atoms with Crippen molar-refractivity contribution in [2.45, 2.75) is 68.6 Å². The molecular formula is C31H44FN7O3S. The van der Waals surface area contributed by atoms with Crippen LogP contribution < -0.4 is 20.9 Å². The number of nitrogen functional groups attached to an aromatic ring is 1. The lowest BCUT2D eigenvalue weighted by molar-refractivity contribution is -0.140. The monoisotopic (exact) mass is 613 g/mol. The van der Waals surface area contributed by atoms with Crippen molar-refractivity contribution in [2.75, 3.05) is 67.7 Å². The Bertz CT molecular complexity index is 1340. The summed E-state index contributed by atoms with van der Waals surface area (Å²) in [6.07, 6.45) is 11.1. The molecule has 10 nitrogen and oxygen atoms in total. The van der Waals surface area contributed by atoms with Gasteiger partial charge < -0.3 is 20.7 Å². The molecule has 1 spiro atoms. The molecule has 7 rings (SSSR count). The van der Waals surface area contributed by atoms with Gasteiger partial charge in [0.1, 0.15) is 17.1 Å². The highest BCUT2D eigenvalue weighted by Crippen LogP contribution is 2.44. The molecule has 1 aliphatic carbocycles. The van der Waals surface area contributed by atoms with Crippen molar-refractivity contribution in [3.8, 4) is 0 Å². The number of nitrogens with one attached hydrogen (secondary N) is 1. The summed E-state index contributed by atoms with van der Waals surface area (Å²) >= 11 is 1.47. The SMILES string of the molecule is CSc1ncc2c(n1)N(C1CCCC1)C(=O)C1(CCNC1=O)C2.Nc1ccc(N2CCC(N3CCOCC3)CC2)c(F)c1.[HH]. The van der Waals surface area contributed by atoms with Crippen LogP contribution in [-0.4, -0.2) is 91.0 Å². The Morgan fingerprint density at radius 2 is 1.84 bits per heavy atom. The molecular weight excluding hydrogens is 569 g/mol. The first-order chi connectivity index (χ1) is 20.9. The van der Waals surface area contributed by atoms with E-state index in [1.807, 2.05) is 11.2 Å². The number of hydrogen-bond donors (Lipinski definition) is 2. The molecule has 234 valence electrons. The maximum atomic E-state index is 13.9. The number of benzene rings is 1. The van der Waals surface area contributed by atoms with E-state index in [2.05, 4.69) is 25.1 Å². The van der Waals surface area contributed by atoms with Crippen LogP contribution in [-0.2, 0) is 20.7 Å². The van der Waals surface area contributed by atoms with Gasteiger partial charge in [-0.1, -0.05) is 24.6 Å². The number of aromatic nitrogens is 2. The van der Waals surface area contributed by atoms with Crippen LogP contribution in [0.5, 0.6) is 0 Å². The van der Waals surface area contributed by atoms with E-state index in [0.29, 0.717) is 42.0 Å². The summed E-state index contributed by atoms with van der Waals surface area (Å²) in [5.74, 6) is 0.323. The summed E-state index contributed by atoms with van der Waals surface area (Å²) < 4.78 is 19.3. The zero-order chi connectivity index (χ0) is 30.0. The Balaban J connectivity index is 0.000000172. The lowest BCUT2D eigenvalue weighted by Gasteiger charge is -2.40. The first-order valence-corrected chi connectivity index (χ1v) is 16.8. The molecule has 4 aliphatic heterocycles. The zero-order valence-corrected chi connectivity index (χ0v) is 25.7. The van der Waals surface area contributed by atoms with Crippen LogP contribution in [0.3, 0.4) is 0 Å². The van der Waals surface area contributed by atoms with Crippen molar-refractivity contribution in [1.29, 1.82) is 0 Å². The highest BCUT2D eigenvalue weighted by Gasteiger charge is 2.56. The van der Waals surface area contributed by atoms with E-state index in [0.717, 1.165) is 89.3 Å². The number of anilines is 3. The maximum absolute atomic E-state index is 13.9. The number of thioether (sulfide) groups is 1. The quantitative estimate of drug-likeness (QED) is 0.231. The number of carbonyl (C=O) groups is 2. The minimum atomic E-state index is -0.945. The van der Waals surface area contributed by atoms with Gasteiger partial charge in [0, 0.05) is 70.1 Å². The molecule has 1 aromatic heterocycles. The Kier molecular flexibility index (Phi) is 9.06. The second kappa shape index (κ2) is 13.0. The maximum Gasteiger partial charge on any atom is 0.244 e. The van der Waals surface area contributed by atoms with Gasteiger partial charge in [0.05, 0.1) is 18.9 Å². The first-order valence-electron chi connectivity index (χ1n) is 15.5. The standard InChI is InChI=1S/C16H20N4O2S.C15H22FN3O.H2/c1-23-15-18-9-10-8-16(6-7-17-13(16)21)14(22)20(12(10)19-15)11-4-2-3-5-11;16-14-11-12(17)1-2-15(14)19-5-3-13(4-6-19)18-7-9-20-10-8-18;/h9,11H,2-8H2,1H3,(H,17,21);1-2,11,13H,3-10,17H2;1H. The molecule has 1 saturated carbocycles. The van der Waals surface area contributed by atoms with Gasteiger partial charge in [-0.3, -0.25) is 19.4 Å². The number of piperidine rings is 1. The fourth-order valence-electron chi connectivity index (χ4n) is 7.28. The van der Waals surface area contributed by atoms with Crippen molar-refractivity contribution < 1.29 is 20.1 Å². The van der Waals surface area contributed by atoms with Crippen LogP contribution in [0.2, 0.25) is 0 Å². The van der Waals surface area contributed by atoms with Crippen molar-refractivity contribution in [3.63, 3.8) is 0 Å². The Morgan fingerprint density at radius 3 is 2.49 bits per heavy atom. The van der Waals surface area contributed by atoms with E-state index in [4.69, 9.17) is 10.5 Å². The van der Waals surface area contributed by atoms with E-state index in [1.54, 1.807) is 18.3 Å². The number of morpholine rings is 1. The smallest absolute Gasteiger partial charge is 0.244 e. The summed E-state index contributed by atoms with van der Waals surface area (Å²) in [5.41, 5.74) is 6.74. The lowest BCUT2D eigenvalue weighted by atomic mass is 9.76. The zero-order valence-electron chi connectivity index (χ0n) is 24.9. The fourth-order valence-corrected chi connectivity index (χ4v) is 7.62. The number of nitrogens with two attached hydrogens (primary N) is 1. The molecule has 12 heteroatoms.